The summed E-state index contributed by atoms with van der Waals surface area (Å²) in [5, 5.41) is 0. The van der Waals surface area contributed by atoms with Crippen LogP contribution in [-0.4, -0.2) is 34.6 Å². The summed E-state index contributed by atoms with van der Waals surface area (Å²) in [4.78, 5) is 6.96. The topological polar surface area (TPSA) is 21.1 Å². The number of imidazole rings is 1. The number of rotatable bonds is 3. The highest BCUT2D eigenvalue weighted by Crippen LogP contribution is 2.25. The van der Waals surface area contributed by atoms with E-state index in [2.05, 4.69) is 76.6 Å². The van der Waals surface area contributed by atoms with Crippen molar-refractivity contribution in [2.45, 2.75) is 13.3 Å². The van der Waals surface area contributed by atoms with E-state index in [1.54, 1.807) is 0 Å². The van der Waals surface area contributed by atoms with Gasteiger partial charge in [0.1, 0.15) is 6.33 Å². The minimum absolute atomic E-state index is 1.00. The van der Waals surface area contributed by atoms with Gasteiger partial charge in [0.25, 0.3) is 0 Å². The summed E-state index contributed by atoms with van der Waals surface area (Å²) in [6.07, 6.45) is 5.39. The summed E-state index contributed by atoms with van der Waals surface area (Å²) >= 11 is 0. The molecule has 0 unspecified atom stereocenters. The van der Waals surface area contributed by atoms with Crippen LogP contribution in [-0.2, 0) is 0 Å². The van der Waals surface area contributed by atoms with E-state index < -0.39 is 0 Å². The Bertz CT molecular complexity index is 978. The molecule has 0 radical (unpaired) electrons. The van der Waals surface area contributed by atoms with Gasteiger partial charge in [-0.15, -0.1) is 0 Å². The Morgan fingerprint density at radius 1 is 1.16 bits per heavy atom. The molecule has 2 aromatic carbocycles. The molecule has 25 heavy (non-hydrogen) atoms. The number of hydrogen-bond acceptors (Lipinski definition) is 2. The summed E-state index contributed by atoms with van der Waals surface area (Å²) in [5.41, 5.74) is 8.18. The van der Waals surface area contributed by atoms with Gasteiger partial charge in [0, 0.05) is 18.8 Å². The molecular weight excluding hydrogens is 306 g/mol. The zero-order chi connectivity index (χ0) is 17.4. The normalized spacial score (nSPS) is 15.4. The maximum Gasteiger partial charge on any atom is 0.100 e. The fourth-order valence-electron chi connectivity index (χ4n) is 3.44. The Balaban J connectivity index is 1.75. The van der Waals surface area contributed by atoms with Crippen molar-refractivity contribution in [1.29, 1.82) is 0 Å². The lowest BCUT2D eigenvalue weighted by atomic mass is 10.0. The van der Waals surface area contributed by atoms with Crippen molar-refractivity contribution in [1.82, 2.24) is 14.5 Å². The molecule has 0 fully saturated rings. The highest BCUT2D eigenvalue weighted by Gasteiger charge is 2.12. The molecule has 0 saturated heterocycles. The highest BCUT2D eigenvalue weighted by atomic mass is 15.1. The zero-order valence-electron chi connectivity index (χ0n) is 14.9. The van der Waals surface area contributed by atoms with Crippen LogP contribution in [0.3, 0.4) is 0 Å². The second kappa shape index (κ2) is 6.34. The number of likely N-dealkylation sites (N-methyl/N-ethyl adjacent to an activating group) is 1. The molecule has 3 nitrogen and oxygen atoms in total. The molecular formula is C22H23N3. The minimum Gasteiger partial charge on any atom is -0.302 e. The van der Waals surface area contributed by atoms with Crippen molar-refractivity contribution >= 4 is 22.2 Å². The Hall–Kier alpha value is -2.65. The predicted molar refractivity (Wildman–Crippen MR) is 106 cm³/mol. The number of nitrogens with zero attached hydrogens (tertiary/aromatic N) is 3. The lowest BCUT2D eigenvalue weighted by Crippen LogP contribution is -2.24. The van der Waals surface area contributed by atoms with Crippen molar-refractivity contribution in [3.63, 3.8) is 0 Å². The van der Waals surface area contributed by atoms with E-state index in [1.807, 2.05) is 13.3 Å². The van der Waals surface area contributed by atoms with E-state index >= 15 is 0 Å². The van der Waals surface area contributed by atoms with E-state index in [1.165, 1.54) is 11.1 Å². The van der Waals surface area contributed by atoms with Crippen LogP contribution in [0.1, 0.15) is 24.5 Å². The average Bonchev–Trinajstić information content (AvgIpc) is 3.05. The molecule has 1 aliphatic rings. The van der Waals surface area contributed by atoms with Gasteiger partial charge in [0.15, 0.2) is 0 Å². The fourth-order valence-corrected chi connectivity index (χ4v) is 3.44. The quantitative estimate of drug-likeness (QED) is 0.689. The van der Waals surface area contributed by atoms with Gasteiger partial charge < -0.3 is 4.90 Å². The third-order valence-electron chi connectivity index (χ3n) is 4.88. The molecule has 1 aromatic heterocycles. The molecule has 4 rings (SSSR count). The van der Waals surface area contributed by atoms with Crippen molar-refractivity contribution in [2.75, 3.05) is 20.1 Å². The number of allylic oxidation sites excluding steroid dienone is 1. The van der Waals surface area contributed by atoms with Crippen molar-refractivity contribution < 1.29 is 0 Å². The monoisotopic (exact) mass is 329 g/mol. The van der Waals surface area contributed by atoms with Crippen LogP contribution in [0.5, 0.6) is 0 Å². The molecule has 2 heterocycles. The molecule has 1 aliphatic heterocycles. The van der Waals surface area contributed by atoms with Crippen molar-refractivity contribution in [3.8, 4) is 5.69 Å². The molecule has 0 aliphatic carbocycles. The lowest BCUT2D eigenvalue weighted by Gasteiger charge is -2.23. The van der Waals surface area contributed by atoms with Gasteiger partial charge in [0.2, 0.25) is 0 Å². The Kier molecular flexibility index (Phi) is 4.02. The van der Waals surface area contributed by atoms with Gasteiger partial charge in [-0.05, 0) is 61.4 Å². The summed E-state index contributed by atoms with van der Waals surface area (Å²) in [7, 11) is 2.18. The first-order chi connectivity index (χ1) is 12.1. The summed E-state index contributed by atoms with van der Waals surface area (Å²) in [6.45, 7) is 8.20. The molecule has 0 spiro atoms. The van der Waals surface area contributed by atoms with Crippen LogP contribution in [0.2, 0.25) is 0 Å². The molecule has 0 N–H and O–H groups in total. The first-order valence-electron chi connectivity index (χ1n) is 8.73. The third-order valence-corrected chi connectivity index (χ3v) is 4.88. The average molecular weight is 329 g/mol. The molecule has 126 valence electrons. The summed E-state index contributed by atoms with van der Waals surface area (Å²) < 4.78 is 2.16. The van der Waals surface area contributed by atoms with E-state index in [0.29, 0.717) is 0 Å². The van der Waals surface area contributed by atoms with Gasteiger partial charge in [-0.1, -0.05) is 36.4 Å². The van der Waals surface area contributed by atoms with Gasteiger partial charge in [-0.25, -0.2) is 4.98 Å². The largest absolute Gasteiger partial charge is 0.302 e. The number of aromatic nitrogens is 2. The van der Waals surface area contributed by atoms with Crippen LogP contribution in [0, 0.1) is 0 Å². The van der Waals surface area contributed by atoms with Crippen molar-refractivity contribution in [2.24, 2.45) is 0 Å². The van der Waals surface area contributed by atoms with Gasteiger partial charge in [0.05, 0.1) is 11.0 Å². The van der Waals surface area contributed by atoms with E-state index in [4.69, 9.17) is 0 Å². The molecule has 0 bridgehead atoms. The first kappa shape index (κ1) is 15.9. The first-order valence-corrected chi connectivity index (χ1v) is 8.73. The maximum absolute atomic E-state index is 4.59. The third kappa shape index (κ3) is 3.03. The van der Waals surface area contributed by atoms with Crippen LogP contribution in [0.4, 0.5) is 0 Å². The number of fused-ring (bicyclic) bond motifs is 1. The number of benzene rings is 2. The van der Waals surface area contributed by atoms with Gasteiger partial charge >= 0.3 is 0 Å². The standard InChI is InChI=1S/C22H23N3/c1-16(2)17-9-10-22-21(13-17)23-15-25(22)20-8-4-6-18(12-20)19-7-5-11-24(3)14-19/h4,6-10,12-13,15H,1,5,11,14H2,2-3H3. The van der Waals surface area contributed by atoms with E-state index in [0.717, 1.165) is 47.4 Å². The molecule has 0 atom stereocenters. The summed E-state index contributed by atoms with van der Waals surface area (Å²) in [5.74, 6) is 0. The summed E-state index contributed by atoms with van der Waals surface area (Å²) in [6, 6.07) is 15.1. The SMILES string of the molecule is C=C(C)c1ccc2c(c1)ncn2-c1cccc(C2=CCCN(C)C2)c1. The molecule has 3 aromatic rings. The van der Waals surface area contributed by atoms with Gasteiger partial charge in [-0.2, -0.15) is 0 Å². The second-order valence-corrected chi connectivity index (χ2v) is 6.90. The van der Waals surface area contributed by atoms with Crippen LogP contribution >= 0.6 is 0 Å². The molecule has 0 saturated carbocycles. The molecule has 0 amide bonds. The van der Waals surface area contributed by atoms with Crippen LogP contribution in [0.15, 0.2) is 61.4 Å². The predicted octanol–water partition coefficient (Wildman–Crippen LogP) is 4.78. The second-order valence-electron chi connectivity index (χ2n) is 6.90. The van der Waals surface area contributed by atoms with Crippen molar-refractivity contribution in [3.05, 3.63) is 72.6 Å². The smallest absolute Gasteiger partial charge is 0.100 e. The van der Waals surface area contributed by atoms with E-state index in [-0.39, 0.29) is 0 Å². The Morgan fingerprint density at radius 3 is 2.84 bits per heavy atom. The number of hydrogen-bond donors (Lipinski definition) is 0. The fraction of sp³-hybridized carbons (Fsp3) is 0.227. The Morgan fingerprint density at radius 2 is 2.04 bits per heavy atom. The molecule has 3 heteroatoms. The van der Waals surface area contributed by atoms with E-state index in [9.17, 15) is 0 Å². The Labute approximate surface area is 148 Å². The van der Waals surface area contributed by atoms with Crippen LogP contribution < -0.4 is 0 Å². The zero-order valence-corrected chi connectivity index (χ0v) is 14.9. The van der Waals surface area contributed by atoms with Gasteiger partial charge in [-0.3, -0.25) is 4.57 Å². The lowest BCUT2D eigenvalue weighted by molar-refractivity contribution is 0.373. The minimum atomic E-state index is 1.00. The maximum atomic E-state index is 4.59. The highest BCUT2D eigenvalue weighted by molar-refractivity contribution is 5.82. The van der Waals surface area contributed by atoms with Crippen LogP contribution in [0.25, 0.3) is 27.9 Å².